The van der Waals surface area contributed by atoms with Crippen molar-refractivity contribution >= 4 is 10.8 Å². The zero-order valence-corrected chi connectivity index (χ0v) is 12.2. The molecule has 1 atom stereocenters. The molecule has 0 aliphatic heterocycles. The Balaban J connectivity index is 2.20. The third kappa shape index (κ3) is 3.36. The summed E-state index contributed by atoms with van der Waals surface area (Å²) in [6, 6.07) is 13.1. The van der Waals surface area contributed by atoms with Crippen LogP contribution in [0, 0.1) is 6.92 Å². The summed E-state index contributed by atoms with van der Waals surface area (Å²) in [5, 5.41) is 2.62. The molecule has 1 heteroatoms. The van der Waals surface area contributed by atoms with Crippen LogP contribution >= 0.6 is 0 Å². The molecular formula is C18H25N. The van der Waals surface area contributed by atoms with Crippen molar-refractivity contribution in [3.05, 3.63) is 47.5 Å². The number of rotatable bonds is 6. The van der Waals surface area contributed by atoms with Crippen molar-refractivity contribution in [3.63, 3.8) is 0 Å². The number of hydrogen-bond acceptors (Lipinski definition) is 1. The van der Waals surface area contributed by atoms with Gasteiger partial charge in [-0.05, 0) is 35.2 Å². The van der Waals surface area contributed by atoms with E-state index in [9.17, 15) is 0 Å². The Morgan fingerprint density at radius 1 is 1.00 bits per heavy atom. The summed E-state index contributed by atoms with van der Waals surface area (Å²) in [7, 11) is 0. The molecular weight excluding hydrogens is 230 g/mol. The molecule has 1 unspecified atom stereocenters. The first-order chi connectivity index (χ1) is 9.24. The van der Waals surface area contributed by atoms with Crippen LogP contribution in [0.25, 0.3) is 10.8 Å². The number of hydrogen-bond donors (Lipinski definition) is 1. The highest BCUT2D eigenvalue weighted by Crippen LogP contribution is 2.29. The summed E-state index contributed by atoms with van der Waals surface area (Å²) in [6.45, 7) is 4.42. The molecule has 0 spiro atoms. The fraction of sp³-hybridized carbons (Fsp3) is 0.444. The first-order valence-electron chi connectivity index (χ1n) is 7.48. The number of unbranched alkanes of at least 4 members (excludes halogenated alkanes) is 3. The highest BCUT2D eigenvalue weighted by atomic mass is 14.6. The minimum Gasteiger partial charge on any atom is -0.324 e. The minimum atomic E-state index is 0.169. The van der Waals surface area contributed by atoms with E-state index in [4.69, 9.17) is 5.73 Å². The Hall–Kier alpha value is -1.34. The van der Waals surface area contributed by atoms with E-state index in [0.717, 1.165) is 6.42 Å². The van der Waals surface area contributed by atoms with E-state index < -0.39 is 0 Å². The van der Waals surface area contributed by atoms with E-state index in [1.165, 1.54) is 47.6 Å². The molecule has 0 radical (unpaired) electrons. The van der Waals surface area contributed by atoms with Crippen molar-refractivity contribution in [2.45, 2.75) is 52.0 Å². The van der Waals surface area contributed by atoms with Crippen molar-refractivity contribution in [3.8, 4) is 0 Å². The number of benzene rings is 2. The van der Waals surface area contributed by atoms with Crippen LogP contribution in [0.1, 0.15) is 56.2 Å². The lowest BCUT2D eigenvalue weighted by Crippen LogP contribution is -2.12. The number of nitrogens with two attached hydrogens (primary N) is 1. The van der Waals surface area contributed by atoms with Crippen molar-refractivity contribution in [2.75, 3.05) is 0 Å². The van der Waals surface area contributed by atoms with E-state index in [-0.39, 0.29) is 6.04 Å². The second-order valence-corrected chi connectivity index (χ2v) is 5.47. The van der Waals surface area contributed by atoms with Crippen LogP contribution in [0.5, 0.6) is 0 Å². The van der Waals surface area contributed by atoms with Gasteiger partial charge in [-0.2, -0.15) is 0 Å². The van der Waals surface area contributed by atoms with Gasteiger partial charge in [0, 0.05) is 6.04 Å². The molecule has 102 valence electrons. The van der Waals surface area contributed by atoms with Gasteiger partial charge in [0.2, 0.25) is 0 Å². The molecule has 0 aliphatic rings. The highest BCUT2D eigenvalue weighted by Gasteiger charge is 2.12. The standard InChI is InChI=1S/C18H25N/c1-3-4-5-6-11-17(19)18-14(2)12-13-15-9-7-8-10-16(15)18/h7-10,12-13,17H,3-6,11,19H2,1-2H3. The molecule has 0 heterocycles. The van der Waals surface area contributed by atoms with E-state index >= 15 is 0 Å². The van der Waals surface area contributed by atoms with Gasteiger partial charge in [0.1, 0.15) is 0 Å². The fourth-order valence-electron chi connectivity index (χ4n) is 2.83. The summed E-state index contributed by atoms with van der Waals surface area (Å²) >= 11 is 0. The van der Waals surface area contributed by atoms with Crippen LogP contribution in [0.3, 0.4) is 0 Å². The molecule has 0 saturated carbocycles. The largest absolute Gasteiger partial charge is 0.324 e. The number of aryl methyl sites for hydroxylation is 1. The van der Waals surface area contributed by atoms with Crippen molar-refractivity contribution in [1.29, 1.82) is 0 Å². The molecule has 2 rings (SSSR count). The highest BCUT2D eigenvalue weighted by molar-refractivity contribution is 5.87. The molecule has 2 aromatic rings. The monoisotopic (exact) mass is 255 g/mol. The second kappa shape index (κ2) is 6.72. The van der Waals surface area contributed by atoms with Gasteiger partial charge in [-0.3, -0.25) is 0 Å². The third-order valence-corrected chi connectivity index (χ3v) is 3.93. The molecule has 0 fully saturated rings. The first kappa shape index (κ1) is 14.1. The summed E-state index contributed by atoms with van der Waals surface area (Å²) in [4.78, 5) is 0. The van der Waals surface area contributed by atoms with Crippen molar-refractivity contribution < 1.29 is 0 Å². The molecule has 0 aliphatic carbocycles. The fourth-order valence-corrected chi connectivity index (χ4v) is 2.83. The molecule has 2 N–H and O–H groups in total. The normalized spacial score (nSPS) is 12.8. The topological polar surface area (TPSA) is 26.0 Å². The van der Waals surface area contributed by atoms with Gasteiger partial charge < -0.3 is 5.73 Å². The predicted molar refractivity (Wildman–Crippen MR) is 84.4 cm³/mol. The van der Waals surface area contributed by atoms with Crippen LogP contribution < -0.4 is 5.73 Å². The van der Waals surface area contributed by atoms with Gasteiger partial charge in [0.15, 0.2) is 0 Å². The van der Waals surface area contributed by atoms with E-state index in [2.05, 4.69) is 50.2 Å². The van der Waals surface area contributed by atoms with Crippen LogP contribution in [-0.4, -0.2) is 0 Å². The van der Waals surface area contributed by atoms with Gasteiger partial charge >= 0.3 is 0 Å². The maximum absolute atomic E-state index is 6.44. The lowest BCUT2D eigenvalue weighted by Gasteiger charge is -2.17. The van der Waals surface area contributed by atoms with E-state index in [0.29, 0.717) is 0 Å². The first-order valence-corrected chi connectivity index (χ1v) is 7.48. The van der Waals surface area contributed by atoms with E-state index in [1.807, 2.05) is 0 Å². The van der Waals surface area contributed by atoms with Gasteiger partial charge in [0.05, 0.1) is 0 Å². The van der Waals surface area contributed by atoms with Crippen LogP contribution in [0.15, 0.2) is 36.4 Å². The summed E-state index contributed by atoms with van der Waals surface area (Å²) in [5.41, 5.74) is 9.11. The molecule has 0 saturated heterocycles. The maximum atomic E-state index is 6.44. The van der Waals surface area contributed by atoms with Gasteiger partial charge in [-0.25, -0.2) is 0 Å². The lowest BCUT2D eigenvalue weighted by molar-refractivity contribution is 0.567. The van der Waals surface area contributed by atoms with Crippen LogP contribution in [0.4, 0.5) is 0 Å². The average Bonchev–Trinajstić information content (AvgIpc) is 2.43. The van der Waals surface area contributed by atoms with Crippen LogP contribution in [-0.2, 0) is 0 Å². The zero-order chi connectivity index (χ0) is 13.7. The quantitative estimate of drug-likeness (QED) is 0.712. The Bertz CT molecular complexity index is 530. The van der Waals surface area contributed by atoms with Crippen LogP contribution in [0.2, 0.25) is 0 Å². The molecule has 1 nitrogen and oxygen atoms in total. The summed E-state index contributed by atoms with van der Waals surface area (Å²) in [6.07, 6.45) is 6.23. The Labute approximate surface area is 116 Å². The maximum Gasteiger partial charge on any atom is 0.0303 e. The molecule has 19 heavy (non-hydrogen) atoms. The second-order valence-electron chi connectivity index (χ2n) is 5.47. The van der Waals surface area contributed by atoms with Crippen molar-refractivity contribution in [2.24, 2.45) is 5.73 Å². The molecule has 2 aromatic carbocycles. The van der Waals surface area contributed by atoms with Gasteiger partial charge in [-0.1, -0.05) is 69.0 Å². The predicted octanol–water partition coefficient (Wildman–Crippen LogP) is 5.12. The SMILES string of the molecule is CCCCCCC(N)c1c(C)ccc2ccccc12. The average molecular weight is 255 g/mol. The molecule has 0 bridgehead atoms. The zero-order valence-electron chi connectivity index (χ0n) is 12.2. The molecule has 0 amide bonds. The third-order valence-electron chi connectivity index (χ3n) is 3.93. The summed E-state index contributed by atoms with van der Waals surface area (Å²) in [5.74, 6) is 0. The Morgan fingerprint density at radius 2 is 1.79 bits per heavy atom. The summed E-state index contributed by atoms with van der Waals surface area (Å²) < 4.78 is 0. The van der Waals surface area contributed by atoms with Gasteiger partial charge in [-0.15, -0.1) is 0 Å². The number of fused-ring (bicyclic) bond motifs is 1. The van der Waals surface area contributed by atoms with E-state index in [1.54, 1.807) is 0 Å². The lowest BCUT2D eigenvalue weighted by atomic mass is 9.92. The van der Waals surface area contributed by atoms with Crippen molar-refractivity contribution in [1.82, 2.24) is 0 Å². The molecule has 0 aromatic heterocycles. The minimum absolute atomic E-state index is 0.169. The smallest absolute Gasteiger partial charge is 0.0303 e. The Morgan fingerprint density at radius 3 is 2.58 bits per heavy atom. The Kier molecular flexibility index (Phi) is 4.98. The van der Waals surface area contributed by atoms with Gasteiger partial charge in [0.25, 0.3) is 0 Å².